The van der Waals surface area contributed by atoms with Crippen LogP contribution in [0.4, 0.5) is 5.69 Å². The van der Waals surface area contributed by atoms with Gasteiger partial charge < -0.3 is 10.6 Å². The number of thiazole rings is 1. The van der Waals surface area contributed by atoms with E-state index in [0.717, 1.165) is 33.8 Å². The van der Waals surface area contributed by atoms with Gasteiger partial charge in [0.1, 0.15) is 10.7 Å². The number of anilines is 1. The number of benzene rings is 2. The summed E-state index contributed by atoms with van der Waals surface area (Å²) in [5.74, 6) is 0.351. The predicted molar refractivity (Wildman–Crippen MR) is 135 cm³/mol. The second kappa shape index (κ2) is 9.57. The summed E-state index contributed by atoms with van der Waals surface area (Å²) < 4.78 is 0. The van der Waals surface area contributed by atoms with Crippen molar-refractivity contribution in [2.24, 2.45) is 5.92 Å². The van der Waals surface area contributed by atoms with Crippen molar-refractivity contribution >= 4 is 28.8 Å². The second-order valence-electron chi connectivity index (χ2n) is 8.49. The van der Waals surface area contributed by atoms with Crippen molar-refractivity contribution in [1.29, 1.82) is 0 Å². The highest BCUT2D eigenvalue weighted by Gasteiger charge is 2.22. The topological polar surface area (TPSA) is 84.0 Å². The van der Waals surface area contributed by atoms with E-state index in [1.165, 1.54) is 24.2 Å². The molecule has 0 atom stereocenters. The lowest BCUT2D eigenvalue weighted by Crippen LogP contribution is -2.25. The molecule has 2 aromatic heterocycles. The first-order chi connectivity index (χ1) is 16.6. The van der Waals surface area contributed by atoms with Gasteiger partial charge in [-0.25, -0.2) is 4.98 Å². The number of nitrogens with zero attached hydrogens (tertiary/aromatic N) is 2. The Kier molecular flexibility index (Phi) is 6.18. The molecule has 5 rings (SSSR count). The number of hydrogen-bond donors (Lipinski definition) is 2. The summed E-state index contributed by atoms with van der Waals surface area (Å²) in [6, 6.07) is 17.1. The van der Waals surface area contributed by atoms with Crippen LogP contribution in [-0.4, -0.2) is 28.3 Å². The number of aryl methyl sites for hydroxylation is 1. The molecule has 7 heteroatoms. The molecule has 0 bridgehead atoms. The zero-order chi connectivity index (χ0) is 23.5. The number of carbonyl (C=O) groups is 2. The Labute approximate surface area is 202 Å². The van der Waals surface area contributed by atoms with E-state index in [9.17, 15) is 9.59 Å². The third-order valence-electron chi connectivity index (χ3n) is 5.85. The van der Waals surface area contributed by atoms with Gasteiger partial charge >= 0.3 is 0 Å². The largest absolute Gasteiger partial charge is 0.352 e. The molecule has 34 heavy (non-hydrogen) atoms. The molecule has 1 fully saturated rings. The molecule has 1 saturated carbocycles. The maximum Gasteiger partial charge on any atom is 0.275 e. The Balaban J connectivity index is 1.29. The average Bonchev–Trinajstić information content (AvgIpc) is 3.57. The average molecular weight is 469 g/mol. The number of rotatable bonds is 7. The zero-order valence-corrected chi connectivity index (χ0v) is 19.6. The van der Waals surface area contributed by atoms with E-state index in [-0.39, 0.29) is 11.8 Å². The van der Waals surface area contributed by atoms with E-state index >= 15 is 0 Å². The third-order valence-corrected chi connectivity index (χ3v) is 6.74. The summed E-state index contributed by atoms with van der Waals surface area (Å²) in [7, 11) is 0. The Hall–Kier alpha value is -3.84. The Morgan fingerprint density at radius 3 is 2.59 bits per heavy atom. The first kappa shape index (κ1) is 22.0. The third kappa shape index (κ3) is 5.05. The molecular formula is C27H24N4O2S. The summed E-state index contributed by atoms with van der Waals surface area (Å²) in [5, 5.41) is 8.45. The summed E-state index contributed by atoms with van der Waals surface area (Å²) in [6.45, 7) is 2.78. The molecule has 2 N–H and O–H groups in total. The zero-order valence-electron chi connectivity index (χ0n) is 18.7. The molecule has 1 aliphatic rings. The van der Waals surface area contributed by atoms with Gasteiger partial charge in [-0.15, -0.1) is 11.3 Å². The van der Waals surface area contributed by atoms with Crippen LogP contribution in [-0.2, 0) is 0 Å². The first-order valence-corrected chi connectivity index (χ1v) is 12.1. The second-order valence-corrected chi connectivity index (χ2v) is 9.35. The fraction of sp³-hybridized carbons (Fsp3) is 0.185. The number of hydrogen-bond acceptors (Lipinski definition) is 5. The van der Waals surface area contributed by atoms with Crippen molar-refractivity contribution in [3.63, 3.8) is 0 Å². The number of nitrogens with one attached hydrogen (secondary N) is 2. The molecule has 2 aromatic carbocycles. The molecule has 2 amide bonds. The van der Waals surface area contributed by atoms with Crippen LogP contribution in [0.2, 0.25) is 0 Å². The number of carbonyl (C=O) groups excluding carboxylic acids is 2. The Morgan fingerprint density at radius 1 is 1.03 bits per heavy atom. The summed E-state index contributed by atoms with van der Waals surface area (Å²) in [5.41, 5.74) is 5.65. The minimum Gasteiger partial charge on any atom is -0.352 e. The summed E-state index contributed by atoms with van der Waals surface area (Å²) >= 11 is 1.41. The van der Waals surface area contributed by atoms with Gasteiger partial charge in [-0.05, 0) is 78.8 Å². The fourth-order valence-corrected chi connectivity index (χ4v) is 4.46. The van der Waals surface area contributed by atoms with Crippen molar-refractivity contribution in [2.75, 3.05) is 11.9 Å². The molecular weight excluding hydrogens is 444 g/mol. The molecule has 6 nitrogen and oxygen atoms in total. The van der Waals surface area contributed by atoms with E-state index < -0.39 is 0 Å². The van der Waals surface area contributed by atoms with Gasteiger partial charge in [0.15, 0.2) is 0 Å². The lowest BCUT2D eigenvalue weighted by Gasteiger charge is -2.11. The summed E-state index contributed by atoms with van der Waals surface area (Å²) in [4.78, 5) is 33.7. The van der Waals surface area contributed by atoms with E-state index in [1.807, 2.05) is 61.5 Å². The molecule has 0 unspecified atom stereocenters. The maximum absolute atomic E-state index is 12.8. The molecule has 1 aliphatic carbocycles. The first-order valence-electron chi connectivity index (χ1n) is 11.2. The van der Waals surface area contributed by atoms with Gasteiger partial charge in [-0.2, -0.15) is 0 Å². The van der Waals surface area contributed by atoms with E-state index in [2.05, 4.69) is 20.6 Å². The fourth-order valence-electron chi connectivity index (χ4n) is 3.67. The van der Waals surface area contributed by atoms with Crippen LogP contribution >= 0.6 is 11.3 Å². The monoisotopic (exact) mass is 468 g/mol. The molecule has 4 aromatic rings. The van der Waals surface area contributed by atoms with Crippen LogP contribution in [0.3, 0.4) is 0 Å². The van der Waals surface area contributed by atoms with Crippen molar-refractivity contribution in [3.05, 3.63) is 89.2 Å². The standard InChI is InChI=1S/C27H24N4O2S/c1-17-4-11-22(30-26(33)24-16-34-27(31-24)21-3-2-12-28-15-21)13-23(17)19-7-9-20(10-8-19)25(32)29-14-18-5-6-18/h2-4,7-13,15-16,18H,5-6,14H2,1H3,(H,29,32)(H,30,33). The van der Waals surface area contributed by atoms with Gasteiger partial charge in [-0.3, -0.25) is 14.6 Å². The van der Waals surface area contributed by atoms with Crippen LogP contribution < -0.4 is 10.6 Å². The predicted octanol–water partition coefficient (Wildman–Crippen LogP) is 5.57. The van der Waals surface area contributed by atoms with Crippen LogP contribution in [0.5, 0.6) is 0 Å². The van der Waals surface area contributed by atoms with Crippen LogP contribution in [0.15, 0.2) is 72.4 Å². The highest BCUT2D eigenvalue weighted by atomic mass is 32.1. The minimum atomic E-state index is -0.260. The number of pyridine rings is 1. The van der Waals surface area contributed by atoms with Gasteiger partial charge in [-0.1, -0.05) is 18.2 Å². The van der Waals surface area contributed by atoms with Crippen LogP contribution in [0.1, 0.15) is 39.3 Å². The smallest absolute Gasteiger partial charge is 0.275 e. The summed E-state index contributed by atoms with van der Waals surface area (Å²) in [6.07, 6.45) is 5.85. The molecule has 0 radical (unpaired) electrons. The van der Waals surface area contributed by atoms with Crippen LogP contribution in [0, 0.1) is 12.8 Å². The molecule has 0 spiro atoms. The van der Waals surface area contributed by atoms with Gasteiger partial charge in [0, 0.05) is 41.1 Å². The lowest BCUT2D eigenvalue weighted by molar-refractivity contribution is 0.0951. The minimum absolute atomic E-state index is 0.0369. The lowest BCUT2D eigenvalue weighted by atomic mass is 9.98. The van der Waals surface area contributed by atoms with Crippen molar-refractivity contribution < 1.29 is 9.59 Å². The van der Waals surface area contributed by atoms with E-state index in [4.69, 9.17) is 0 Å². The van der Waals surface area contributed by atoms with Gasteiger partial charge in [0.25, 0.3) is 11.8 Å². The highest BCUT2D eigenvalue weighted by molar-refractivity contribution is 7.13. The van der Waals surface area contributed by atoms with Gasteiger partial charge in [0.2, 0.25) is 0 Å². The maximum atomic E-state index is 12.8. The van der Waals surface area contributed by atoms with E-state index in [0.29, 0.717) is 22.9 Å². The van der Waals surface area contributed by atoms with Gasteiger partial charge in [0.05, 0.1) is 0 Å². The number of aromatic nitrogens is 2. The number of amides is 2. The highest BCUT2D eigenvalue weighted by Crippen LogP contribution is 2.29. The van der Waals surface area contributed by atoms with Crippen molar-refractivity contribution in [3.8, 4) is 21.7 Å². The normalized spacial score (nSPS) is 12.9. The van der Waals surface area contributed by atoms with Crippen LogP contribution in [0.25, 0.3) is 21.7 Å². The molecule has 170 valence electrons. The molecule has 0 saturated heterocycles. The van der Waals surface area contributed by atoms with Crippen molar-refractivity contribution in [1.82, 2.24) is 15.3 Å². The Morgan fingerprint density at radius 2 is 1.85 bits per heavy atom. The molecule has 2 heterocycles. The quantitative estimate of drug-likeness (QED) is 0.371. The van der Waals surface area contributed by atoms with Crippen molar-refractivity contribution in [2.45, 2.75) is 19.8 Å². The SMILES string of the molecule is Cc1ccc(NC(=O)c2csc(-c3cccnc3)n2)cc1-c1ccc(C(=O)NCC2CC2)cc1. The molecule has 0 aliphatic heterocycles. The Bertz CT molecular complexity index is 1330. The van der Waals surface area contributed by atoms with E-state index in [1.54, 1.807) is 17.8 Å².